The predicted octanol–water partition coefficient (Wildman–Crippen LogP) is -0.221. The summed E-state index contributed by atoms with van der Waals surface area (Å²) < 4.78 is 0. The monoisotopic (exact) mass is 130 g/mol. The molecule has 1 fully saturated rings. The van der Waals surface area contributed by atoms with Gasteiger partial charge in [-0.1, -0.05) is 12.8 Å². The van der Waals surface area contributed by atoms with E-state index in [9.17, 15) is 5.11 Å². The summed E-state index contributed by atoms with van der Waals surface area (Å²) >= 11 is 0. The molecule has 2 atom stereocenters. The predicted molar refractivity (Wildman–Crippen MR) is 35.7 cm³/mol. The quantitative estimate of drug-likeness (QED) is 0.506. The van der Waals surface area contributed by atoms with Crippen molar-refractivity contribution in [1.82, 2.24) is 0 Å². The maximum atomic E-state index is 9.33. The lowest BCUT2D eigenvalue weighted by Gasteiger charge is -2.24. The van der Waals surface area contributed by atoms with Crippen LogP contribution in [0.3, 0.4) is 0 Å². The fourth-order valence-corrected chi connectivity index (χ4v) is 1.52. The summed E-state index contributed by atoms with van der Waals surface area (Å²) in [5, 5.41) is 9.33. The third kappa shape index (κ3) is 1.66. The molecule has 0 radical (unpaired) electrons. The molecule has 1 aliphatic carbocycles. The molecule has 4 N–H and O–H groups in total. The van der Waals surface area contributed by atoms with Crippen LogP contribution in [-0.4, -0.2) is 17.8 Å². The number of aliphatic hydroxyl groups is 1. The van der Waals surface area contributed by atoms with Crippen LogP contribution < -0.4 is 5.73 Å². The minimum Gasteiger partial charge on any atom is -0.393 e. The number of rotatable bonds is 1. The van der Waals surface area contributed by atoms with E-state index < -0.39 is 0 Å². The first-order chi connectivity index (χ1) is 4.34. The van der Waals surface area contributed by atoms with E-state index in [2.05, 4.69) is 5.73 Å². The minimum absolute atomic E-state index is 0.0451. The van der Waals surface area contributed by atoms with Crippen LogP contribution in [0.1, 0.15) is 25.7 Å². The first-order valence-electron chi connectivity index (χ1n) is 3.82. The molecule has 0 saturated heterocycles. The molecule has 1 aliphatic rings. The van der Waals surface area contributed by atoms with Crippen molar-refractivity contribution in [1.29, 1.82) is 0 Å². The number of quaternary nitrogens is 1. The molecule has 2 nitrogen and oxygen atoms in total. The van der Waals surface area contributed by atoms with Crippen molar-refractivity contribution in [3.05, 3.63) is 0 Å². The normalized spacial score (nSPS) is 36.7. The minimum atomic E-state index is -0.0451. The molecule has 0 heterocycles. The first kappa shape index (κ1) is 7.03. The number of hydrogen-bond donors (Lipinski definition) is 2. The highest BCUT2D eigenvalue weighted by Gasteiger charge is 2.22. The van der Waals surface area contributed by atoms with Crippen LogP contribution in [0, 0.1) is 5.92 Å². The lowest BCUT2D eigenvalue weighted by atomic mass is 9.87. The van der Waals surface area contributed by atoms with E-state index in [4.69, 9.17) is 0 Å². The van der Waals surface area contributed by atoms with E-state index in [1.165, 1.54) is 19.3 Å². The second kappa shape index (κ2) is 3.18. The average molecular weight is 130 g/mol. The van der Waals surface area contributed by atoms with Crippen LogP contribution >= 0.6 is 0 Å². The van der Waals surface area contributed by atoms with Gasteiger partial charge in [0.25, 0.3) is 0 Å². The highest BCUT2D eigenvalue weighted by Crippen LogP contribution is 2.22. The zero-order valence-electron chi connectivity index (χ0n) is 5.84. The van der Waals surface area contributed by atoms with Gasteiger partial charge in [-0.2, -0.15) is 0 Å². The molecule has 0 amide bonds. The van der Waals surface area contributed by atoms with Crippen molar-refractivity contribution < 1.29 is 10.8 Å². The van der Waals surface area contributed by atoms with Gasteiger partial charge in [-0.15, -0.1) is 0 Å². The van der Waals surface area contributed by atoms with Crippen molar-refractivity contribution >= 4 is 0 Å². The van der Waals surface area contributed by atoms with E-state index in [-0.39, 0.29) is 6.10 Å². The molecule has 54 valence electrons. The lowest BCUT2D eigenvalue weighted by molar-refractivity contribution is -0.384. The van der Waals surface area contributed by atoms with E-state index in [0.29, 0.717) is 5.92 Å². The largest absolute Gasteiger partial charge is 0.393 e. The second-order valence-electron chi connectivity index (χ2n) is 2.90. The summed E-state index contributed by atoms with van der Waals surface area (Å²) in [4.78, 5) is 0. The molecule has 0 aromatic rings. The van der Waals surface area contributed by atoms with Gasteiger partial charge in [0.05, 0.1) is 12.6 Å². The molecule has 2 heteroatoms. The van der Waals surface area contributed by atoms with Gasteiger partial charge in [-0.25, -0.2) is 0 Å². The SMILES string of the molecule is [NH3+]C[C@@H]1CCCC[C@H]1O. The van der Waals surface area contributed by atoms with Crippen molar-refractivity contribution in [3.63, 3.8) is 0 Å². The number of aliphatic hydroxyl groups excluding tert-OH is 1. The molecule has 0 unspecified atom stereocenters. The fourth-order valence-electron chi connectivity index (χ4n) is 1.52. The van der Waals surface area contributed by atoms with Crippen LogP contribution in [0.25, 0.3) is 0 Å². The molecule has 9 heavy (non-hydrogen) atoms. The Morgan fingerprint density at radius 1 is 1.33 bits per heavy atom. The molecule has 1 rings (SSSR count). The zero-order valence-corrected chi connectivity index (χ0v) is 5.84. The fraction of sp³-hybridized carbons (Fsp3) is 1.00. The smallest absolute Gasteiger partial charge is 0.0793 e. The van der Waals surface area contributed by atoms with E-state index in [0.717, 1.165) is 13.0 Å². The van der Waals surface area contributed by atoms with Gasteiger partial charge >= 0.3 is 0 Å². The van der Waals surface area contributed by atoms with Crippen molar-refractivity contribution in [2.24, 2.45) is 5.92 Å². The van der Waals surface area contributed by atoms with Gasteiger partial charge in [0.2, 0.25) is 0 Å². The van der Waals surface area contributed by atoms with Crippen LogP contribution in [0.2, 0.25) is 0 Å². The molecule has 0 aromatic heterocycles. The van der Waals surface area contributed by atoms with Crippen LogP contribution in [0.15, 0.2) is 0 Å². The van der Waals surface area contributed by atoms with Gasteiger partial charge in [-0.05, 0) is 12.8 Å². The first-order valence-corrected chi connectivity index (χ1v) is 3.82. The summed E-state index contributed by atoms with van der Waals surface area (Å²) in [5.41, 5.74) is 3.80. The van der Waals surface area contributed by atoms with Crippen molar-refractivity contribution in [2.75, 3.05) is 6.54 Å². The Bertz CT molecular complexity index is 85.0. The summed E-state index contributed by atoms with van der Waals surface area (Å²) in [5.74, 6) is 0.499. The van der Waals surface area contributed by atoms with Crippen molar-refractivity contribution in [3.8, 4) is 0 Å². The summed E-state index contributed by atoms with van der Waals surface area (Å²) in [6, 6.07) is 0. The topological polar surface area (TPSA) is 47.9 Å². The highest BCUT2D eigenvalue weighted by atomic mass is 16.3. The maximum Gasteiger partial charge on any atom is 0.0793 e. The zero-order chi connectivity index (χ0) is 6.69. The summed E-state index contributed by atoms with van der Waals surface area (Å²) in [6.45, 7) is 0.904. The van der Waals surface area contributed by atoms with E-state index in [1.54, 1.807) is 0 Å². The van der Waals surface area contributed by atoms with Crippen molar-refractivity contribution in [2.45, 2.75) is 31.8 Å². The Labute approximate surface area is 56.1 Å². The van der Waals surface area contributed by atoms with Gasteiger partial charge < -0.3 is 10.8 Å². The lowest BCUT2D eigenvalue weighted by Crippen LogP contribution is -2.56. The third-order valence-corrected chi connectivity index (χ3v) is 2.24. The molecular weight excluding hydrogens is 114 g/mol. The molecule has 1 saturated carbocycles. The second-order valence-corrected chi connectivity index (χ2v) is 2.90. The summed E-state index contributed by atoms with van der Waals surface area (Å²) in [7, 11) is 0. The van der Waals surface area contributed by atoms with Crippen LogP contribution in [0.4, 0.5) is 0 Å². The third-order valence-electron chi connectivity index (χ3n) is 2.24. The Morgan fingerprint density at radius 3 is 2.44 bits per heavy atom. The Morgan fingerprint density at radius 2 is 2.00 bits per heavy atom. The Kier molecular flexibility index (Phi) is 2.49. The van der Waals surface area contributed by atoms with Crippen LogP contribution in [-0.2, 0) is 0 Å². The van der Waals surface area contributed by atoms with Gasteiger partial charge in [0.15, 0.2) is 0 Å². The van der Waals surface area contributed by atoms with E-state index >= 15 is 0 Å². The average Bonchev–Trinajstić information content (AvgIpc) is 1.89. The van der Waals surface area contributed by atoms with E-state index in [1.807, 2.05) is 0 Å². The molecule has 0 aliphatic heterocycles. The maximum absolute atomic E-state index is 9.33. The highest BCUT2D eigenvalue weighted by molar-refractivity contribution is 4.72. The standard InChI is InChI=1S/C7H15NO/c8-5-6-3-1-2-4-7(6)9/h6-7,9H,1-5,8H2/p+1/t6-,7+/m0/s1. The Balaban J connectivity index is 2.30. The molecular formula is C7H16NO+. The molecule has 0 bridgehead atoms. The van der Waals surface area contributed by atoms with Gasteiger partial charge in [-0.3, -0.25) is 0 Å². The molecule has 0 spiro atoms. The van der Waals surface area contributed by atoms with Gasteiger partial charge in [0, 0.05) is 5.92 Å². The van der Waals surface area contributed by atoms with Crippen LogP contribution in [0.5, 0.6) is 0 Å². The summed E-state index contributed by atoms with van der Waals surface area (Å²) in [6.07, 6.45) is 4.64. The Hall–Kier alpha value is -0.0800. The number of hydrogen-bond acceptors (Lipinski definition) is 1. The molecule has 0 aromatic carbocycles. The van der Waals surface area contributed by atoms with Gasteiger partial charge in [0.1, 0.15) is 0 Å².